The first kappa shape index (κ1) is 27.2. The van der Waals surface area contributed by atoms with E-state index in [0.717, 1.165) is 28.0 Å². The lowest BCUT2D eigenvalue weighted by atomic mass is 9.99. The summed E-state index contributed by atoms with van der Waals surface area (Å²) >= 11 is 6.34. The van der Waals surface area contributed by atoms with Crippen LogP contribution in [0, 0.1) is 12.8 Å². The van der Waals surface area contributed by atoms with Gasteiger partial charge in [0.1, 0.15) is 5.82 Å². The van der Waals surface area contributed by atoms with E-state index in [1.54, 1.807) is 0 Å². The Kier molecular flexibility index (Phi) is 8.69. The Balaban J connectivity index is 1.81. The van der Waals surface area contributed by atoms with Gasteiger partial charge in [-0.1, -0.05) is 73.5 Å². The van der Waals surface area contributed by atoms with Gasteiger partial charge in [0.2, 0.25) is 0 Å². The third-order valence-corrected chi connectivity index (χ3v) is 6.82. The van der Waals surface area contributed by atoms with Crippen molar-refractivity contribution in [2.75, 3.05) is 13.1 Å². The summed E-state index contributed by atoms with van der Waals surface area (Å²) in [5.74, 6) is 0.763. The third kappa shape index (κ3) is 6.34. The van der Waals surface area contributed by atoms with Gasteiger partial charge in [-0.15, -0.1) is 0 Å². The number of imidazole rings is 1. The number of aromatic nitrogens is 2. The first-order chi connectivity index (χ1) is 18.2. The van der Waals surface area contributed by atoms with Crippen LogP contribution in [-0.4, -0.2) is 39.5 Å². The molecule has 1 unspecified atom stereocenters. The number of nitrogens with zero attached hydrogens (tertiary/aromatic N) is 3. The highest BCUT2D eigenvalue weighted by molar-refractivity contribution is 6.31. The molecule has 0 saturated carbocycles. The standard InChI is InChI=1S/C30H34ClN5O2/c1-20(2)27(35(17-7-16-33-30(32)38)29(37)23-12-10-21(3)11-13-23)28-34-25-18-24(31)14-15-26(25)36(28)19-22-8-5-4-6-9-22/h4-6,8-15,18,20,27H,7,16-17,19H2,1-3H3,(H3,32,33,38). The van der Waals surface area contributed by atoms with E-state index in [0.29, 0.717) is 36.6 Å². The zero-order valence-electron chi connectivity index (χ0n) is 22.0. The van der Waals surface area contributed by atoms with E-state index in [2.05, 4.69) is 35.9 Å². The highest BCUT2D eigenvalue weighted by Crippen LogP contribution is 2.33. The average Bonchev–Trinajstić information content (AvgIpc) is 3.22. The molecule has 0 aliphatic heterocycles. The predicted molar refractivity (Wildman–Crippen MR) is 152 cm³/mol. The predicted octanol–water partition coefficient (Wildman–Crippen LogP) is 5.94. The number of aryl methyl sites for hydroxylation is 1. The minimum absolute atomic E-state index is 0.0512. The maximum atomic E-state index is 14.0. The van der Waals surface area contributed by atoms with Gasteiger partial charge in [0.15, 0.2) is 0 Å². The van der Waals surface area contributed by atoms with E-state index in [1.807, 2.05) is 72.5 Å². The lowest BCUT2D eigenvalue weighted by Crippen LogP contribution is -2.41. The first-order valence-electron chi connectivity index (χ1n) is 12.8. The Morgan fingerprint density at radius 1 is 1.05 bits per heavy atom. The Morgan fingerprint density at radius 3 is 2.42 bits per heavy atom. The Bertz CT molecular complexity index is 1400. The number of amides is 3. The summed E-state index contributed by atoms with van der Waals surface area (Å²) in [6.07, 6.45) is 0.550. The molecule has 0 bridgehead atoms. The summed E-state index contributed by atoms with van der Waals surface area (Å²) in [5.41, 5.74) is 9.83. The lowest BCUT2D eigenvalue weighted by molar-refractivity contribution is 0.0604. The molecule has 0 fully saturated rings. The number of halogens is 1. The number of carbonyl (C=O) groups excluding carboxylic acids is 2. The topological polar surface area (TPSA) is 93.2 Å². The summed E-state index contributed by atoms with van der Waals surface area (Å²) < 4.78 is 2.18. The zero-order valence-corrected chi connectivity index (χ0v) is 22.8. The third-order valence-electron chi connectivity index (χ3n) is 6.59. The summed E-state index contributed by atoms with van der Waals surface area (Å²) in [7, 11) is 0. The summed E-state index contributed by atoms with van der Waals surface area (Å²) in [6, 6.07) is 22.6. The molecule has 38 heavy (non-hydrogen) atoms. The normalized spacial score (nSPS) is 12.0. The van der Waals surface area contributed by atoms with E-state index in [-0.39, 0.29) is 17.9 Å². The number of rotatable bonds is 10. The number of primary amides is 1. The van der Waals surface area contributed by atoms with Gasteiger partial charge in [-0.25, -0.2) is 9.78 Å². The first-order valence-corrected chi connectivity index (χ1v) is 13.2. The van der Waals surface area contributed by atoms with E-state index >= 15 is 0 Å². The maximum absolute atomic E-state index is 14.0. The van der Waals surface area contributed by atoms with Crippen molar-refractivity contribution < 1.29 is 9.59 Å². The Hall–Kier alpha value is -3.84. The molecule has 4 rings (SSSR count). The van der Waals surface area contributed by atoms with Gasteiger partial charge in [-0.3, -0.25) is 4.79 Å². The summed E-state index contributed by atoms with van der Waals surface area (Å²) in [5, 5.41) is 3.24. The molecule has 1 atom stereocenters. The molecular weight excluding hydrogens is 498 g/mol. The number of hydrogen-bond donors (Lipinski definition) is 2. The molecule has 7 nitrogen and oxygen atoms in total. The van der Waals surface area contributed by atoms with Crippen LogP contribution < -0.4 is 11.1 Å². The van der Waals surface area contributed by atoms with Crippen LogP contribution in [0.2, 0.25) is 5.02 Å². The van der Waals surface area contributed by atoms with Gasteiger partial charge in [0, 0.05) is 30.2 Å². The van der Waals surface area contributed by atoms with E-state index in [4.69, 9.17) is 22.3 Å². The van der Waals surface area contributed by atoms with Crippen LogP contribution in [0.1, 0.15) is 53.6 Å². The Morgan fingerprint density at radius 2 is 1.76 bits per heavy atom. The van der Waals surface area contributed by atoms with E-state index in [1.165, 1.54) is 0 Å². The molecule has 3 aromatic carbocycles. The second kappa shape index (κ2) is 12.1. The van der Waals surface area contributed by atoms with Gasteiger partial charge in [0.25, 0.3) is 5.91 Å². The lowest BCUT2D eigenvalue weighted by Gasteiger charge is -2.35. The van der Waals surface area contributed by atoms with Crippen molar-refractivity contribution in [3.63, 3.8) is 0 Å². The largest absolute Gasteiger partial charge is 0.352 e. The minimum atomic E-state index is -0.580. The molecule has 0 aliphatic carbocycles. The van der Waals surface area contributed by atoms with Crippen LogP contribution in [-0.2, 0) is 6.54 Å². The SMILES string of the molecule is Cc1ccc(C(=O)N(CCCNC(N)=O)C(c2nc3cc(Cl)ccc3n2Cc2ccccc2)C(C)C)cc1. The molecule has 0 radical (unpaired) electrons. The molecule has 0 saturated heterocycles. The fourth-order valence-corrected chi connectivity index (χ4v) is 4.93. The van der Waals surface area contributed by atoms with Crippen molar-refractivity contribution in [1.82, 2.24) is 19.8 Å². The van der Waals surface area contributed by atoms with Gasteiger partial charge in [-0.2, -0.15) is 0 Å². The number of benzene rings is 3. The van der Waals surface area contributed by atoms with Crippen LogP contribution in [0.25, 0.3) is 11.0 Å². The van der Waals surface area contributed by atoms with Crippen molar-refractivity contribution in [3.8, 4) is 0 Å². The van der Waals surface area contributed by atoms with Crippen LogP contribution in [0.5, 0.6) is 0 Å². The number of urea groups is 1. The molecule has 0 aliphatic rings. The van der Waals surface area contributed by atoms with Crippen LogP contribution in [0.4, 0.5) is 4.79 Å². The molecule has 1 aromatic heterocycles. The van der Waals surface area contributed by atoms with E-state index < -0.39 is 6.03 Å². The smallest absolute Gasteiger partial charge is 0.312 e. The average molecular weight is 532 g/mol. The summed E-state index contributed by atoms with van der Waals surface area (Å²) in [4.78, 5) is 32.2. The zero-order chi connectivity index (χ0) is 27.2. The maximum Gasteiger partial charge on any atom is 0.312 e. The van der Waals surface area contributed by atoms with Gasteiger partial charge < -0.3 is 20.5 Å². The number of nitrogens with two attached hydrogens (primary N) is 1. The number of fused-ring (bicyclic) bond motifs is 1. The number of hydrogen-bond acceptors (Lipinski definition) is 3. The molecule has 3 amide bonds. The molecule has 198 valence electrons. The quantitative estimate of drug-likeness (QED) is 0.248. The molecular formula is C30H34ClN5O2. The molecule has 3 N–H and O–H groups in total. The van der Waals surface area contributed by atoms with Crippen molar-refractivity contribution in [1.29, 1.82) is 0 Å². The Labute approximate surface area is 228 Å². The molecule has 4 aromatic rings. The highest BCUT2D eigenvalue weighted by Gasteiger charge is 2.33. The van der Waals surface area contributed by atoms with Gasteiger partial charge >= 0.3 is 6.03 Å². The minimum Gasteiger partial charge on any atom is -0.352 e. The monoisotopic (exact) mass is 531 g/mol. The molecule has 1 heterocycles. The number of nitrogens with one attached hydrogen (secondary N) is 1. The van der Waals surface area contributed by atoms with Gasteiger partial charge in [0.05, 0.1) is 17.1 Å². The fourth-order valence-electron chi connectivity index (χ4n) is 4.77. The van der Waals surface area contributed by atoms with E-state index in [9.17, 15) is 9.59 Å². The second-order valence-electron chi connectivity index (χ2n) is 9.87. The number of carbonyl (C=O) groups is 2. The van der Waals surface area contributed by atoms with Crippen LogP contribution in [0.3, 0.4) is 0 Å². The van der Waals surface area contributed by atoms with Gasteiger partial charge in [-0.05, 0) is 55.2 Å². The van der Waals surface area contributed by atoms with Crippen molar-refractivity contribution in [3.05, 3.63) is 100 Å². The van der Waals surface area contributed by atoms with Crippen LogP contribution in [0.15, 0.2) is 72.8 Å². The van der Waals surface area contributed by atoms with Crippen LogP contribution >= 0.6 is 11.6 Å². The van der Waals surface area contributed by atoms with Crippen molar-refractivity contribution >= 4 is 34.6 Å². The van der Waals surface area contributed by atoms with Crippen molar-refractivity contribution in [2.45, 2.75) is 39.8 Å². The molecule has 8 heteroatoms. The highest BCUT2D eigenvalue weighted by atomic mass is 35.5. The van der Waals surface area contributed by atoms with Crippen molar-refractivity contribution in [2.24, 2.45) is 11.7 Å². The molecule has 0 spiro atoms. The fraction of sp³-hybridized carbons (Fsp3) is 0.300. The summed E-state index contributed by atoms with van der Waals surface area (Å²) in [6.45, 7) is 7.59. The second-order valence-corrected chi connectivity index (χ2v) is 10.3.